The van der Waals surface area contributed by atoms with Gasteiger partial charge in [0.15, 0.2) is 6.29 Å². The van der Waals surface area contributed by atoms with Crippen LogP contribution in [-0.4, -0.2) is 19.5 Å². The molecule has 1 aliphatic rings. The summed E-state index contributed by atoms with van der Waals surface area (Å²) >= 11 is 0. The van der Waals surface area contributed by atoms with Crippen LogP contribution in [0.1, 0.15) is 40.0 Å². The molecule has 68 valence electrons. The Balaban J connectivity index is 0.000000461. The van der Waals surface area contributed by atoms with Gasteiger partial charge in [0, 0.05) is 13.5 Å². The molecule has 2 nitrogen and oxygen atoms in total. The predicted molar refractivity (Wildman–Crippen MR) is 46.5 cm³/mol. The smallest absolute Gasteiger partial charge is 0.157 e. The van der Waals surface area contributed by atoms with Gasteiger partial charge < -0.3 is 9.47 Å². The third-order valence-corrected chi connectivity index (χ3v) is 1.79. The summed E-state index contributed by atoms with van der Waals surface area (Å²) in [6, 6.07) is 0. The molecule has 1 heterocycles. The van der Waals surface area contributed by atoms with Crippen LogP contribution in [0.3, 0.4) is 0 Å². The standard InChI is InChI=1S/C7H14O2.C2H6/c1-3-6-4-5-7(8-2)9-6;1-2/h6-7H,3-5H2,1-2H3;1-2H3. The van der Waals surface area contributed by atoms with Crippen LogP contribution in [0, 0.1) is 0 Å². The summed E-state index contributed by atoms with van der Waals surface area (Å²) in [4.78, 5) is 0. The molecular weight excluding hydrogens is 140 g/mol. The maximum Gasteiger partial charge on any atom is 0.157 e. The molecule has 0 aromatic rings. The molecule has 0 spiro atoms. The first-order chi connectivity index (χ1) is 5.36. The van der Waals surface area contributed by atoms with Gasteiger partial charge in [0.2, 0.25) is 0 Å². The highest BCUT2D eigenvalue weighted by Gasteiger charge is 2.22. The van der Waals surface area contributed by atoms with Gasteiger partial charge in [-0.3, -0.25) is 0 Å². The van der Waals surface area contributed by atoms with Crippen molar-refractivity contribution in [3.8, 4) is 0 Å². The average molecular weight is 160 g/mol. The van der Waals surface area contributed by atoms with E-state index in [0.717, 1.165) is 19.3 Å². The molecule has 2 heteroatoms. The van der Waals surface area contributed by atoms with Crippen LogP contribution in [0.15, 0.2) is 0 Å². The van der Waals surface area contributed by atoms with E-state index in [1.54, 1.807) is 7.11 Å². The Kier molecular flexibility index (Phi) is 6.57. The SMILES string of the molecule is CC.CCC1CCC(OC)O1. The number of rotatable bonds is 2. The van der Waals surface area contributed by atoms with E-state index >= 15 is 0 Å². The second kappa shape index (κ2) is 6.62. The van der Waals surface area contributed by atoms with Crippen LogP contribution in [0.2, 0.25) is 0 Å². The Hall–Kier alpha value is -0.0800. The Bertz CT molecular complexity index is 73.6. The number of ether oxygens (including phenoxy) is 2. The Labute approximate surface area is 69.9 Å². The first kappa shape index (κ1) is 10.9. The molecule has 0 radical (unpaired) electrons. The minimum atomic E-state index is 0.0787. The van der Waals surface area contributed by atoms with Gasteiger partial charge >= 0.3 is 0 Å². The monoisotopic (exact) mass is 160 g/mol. The number of hydrogen-bond donors (Lipinski definition) is 0. The average Bonchev–Trinajstić information content (AvgIpc) is 2.55. The van der Waals surface area contributed by atoms with Crippen molar-refractivity contribution in [1.82, 2.24) is 0 Å². The fourth-order valence-electron chi connectivity index (χ4n) is 1.15. The van der Waals surface area contributed by atoms with Crippen LogP contribution in [-0.2, 0) is 9.47 Å². The topological polar surface area (TPSA) is 18.5 Å². The van der Waals surface area contributed by atoms with E-state index in [1.165, 1.54) is 0 Å². The quantitative estimate of drug-likeness (QED) is 0.618. The second-order valence-corrected chi connectivity index (χ2v) is 2.41. The Morgan fingerprint density at radius 2 is 2.00 bits per heavy atom. The van der Waals surface area contributed by atoms with Gasteiger partial charge in [0.05, 0.1) is 6.10 Å². The van der Waals surface area contributed by atoms with Crippen LogP contribution in [0.25, 0.3) is 0 Å². The van der Waals surface area contributed by atoms with E-state index in [0.29, 0.717) is 6.10 Å². The maximum absolute atomic E-state index is 5.44. The van der Waals surface area contributed by atoms with Crippen molar-refractivity contribution < 1.29 is 9.47 Å². The third-order valence-electron chi connectivity index (χ3n) is 1.79. The highest BCUT2D eigenvalue weighted by molar-refractivity contribution is 4.65. The molecule has 0 amide bonds. The molecule has 0 aromatic carbocycles. The van der Waals surface area contributed by atoms with Crippen LogP contribution in [0.5, 0.6) is 0 Å². The normalized spacial score (nSPS) is 29.5. The summed E-state index contributed by atoms with van der Waals surface area (Å²) in [5.41, 5.74) is 0. The molecule has 2 unspecified atom stereocenters. The lowest BCUT2D eigenvalue weighted by atomic mass is 10.2. The summed E-state index contributed by atoms with van der Waals surface area (Å²) < 4.78 is 10.5. The van der Waals surface area contributed by atoms with E-state index in [9.17, 15) is 0 Å². The van der Waals surface area contributed by atoms with Crippen molar-refractivity contribution in [1.29, 1.82) is 0 Å². The minimum absolute atomic E-state index is 0.0787. The van der Waals surface area contributed by atoms with Crippen LogP contribution >= 0.6 is 0 Å². The van der Waals surface area contributed by atoms with Crippen LogP contribution in [0.4, 0.5) is 0 Å². The molecule has 1 fully saturated rings. The first-order valence-corrected chi connectivity index (χ1v) is 4.55. The van der Waals surface area contributed by atoms with E-state index in [-0.39, 0.29) is 6.29 Å². The lowest BCUT2D eigenvalue weighted by Gasteiger charge is -2.09. The number of hydrogen-bond acceptors (Lipinski definition) is 2. The molecular formula is C9H20O2. The van der Waals surface area contributed by atoms with Gasteiger partial charge in [-0.05, 0) is 12.8 Å². The van der Waals surface area contributed by atoms with Gasteiger partial charge in [0.1, 0.15) is 0 Å². The highest BCUT2D eigenvalue weighted by atomic mass is 16.7. The zero-order valence-corrected chi connectivity index (χ0v) is 8.09. The van der Waals surface area contributed by atoms with Gasteiger partial charge in [0.25, 0.3) is 0 Å². The van der Waals surface area contributed by atoms with Crippen molar-refractivity contribution in [3.05, 3.63) is 0 Å². The molecule has 0 aromatic heterocycles. The van der Waals surface area contributed by atoms with Crippen molar-refractivity contribution >= 4 is 0 Å². The lowest BCUT2D eigenvalue weighted by molar-refractivity contribution is -0.114. The number of methoxy groups -OCH3 is 1. The Morgan fingerprint density at radius 1 is 1.36 bits per heavy atom. The molecule has 1 aliphatic heterocycles. The summed E-state index contributed by atoms with van der Waals surface area (Å²) in [6.07, 6.45) is 3.87. The van der Waals surface area contributed by atoms with Gasteiger partial charge in [-0.2, -0.15) is 0 Å². The molecule has 1 saturated heterocycles. The fourth-order valence-corrected chi connectivity index (χ4v) is 1.15. The van der Waals surface area contributed by atoms with Crippen molar-refractivity contribution in [2.45, 2.75) is 52.4 Å². The predicted octanol–water partition coefficient (Wildman–Crippen LogP) is 2.57. The second-order valence-electron chi connectivity index (χ2n) is 2.41. The van der Waals surface area contributed by atoms with Crippen LogP contribution < -0.4 is 0 Å². The summed E-state index contributed by atoms with van der Waals surface area (Å²) in [6.45, 7) is 6.14. The van der Waals surface area contributed by atoms with Gasteiger partial charge in [-0.25, -0.2) is 0 Å². The minimum Gasteiger partial charge on any atom is -0.356 e. The zero-order valence-electron chi connectivity index (χ0n) is 8.09. The molecule has 2 atom stereocenters. The highest BCUT2D eigenvalue weighted by Crippen LogP contribution is 2.21. The molecule has 1 rings (SSSR count). The van der Waals surface area contributed by atoms with Gasteiger partial charge in [-0.15, -0.1) is 0 Å². The summed E-state index contributed by atoms with van der Waals surface area (Å²) in [5.74, 6) is 0. The van der Waals surface area contributed by atoms with Crippen molar-refractivity contribution in [3.63, 3.8) is 0 Å². The van der Waals surface area contributed by atoms with E-state index in [4.69, 9.17) is 9.47 Å². The Morgan fingerprint density at radius 3 is 2.27 bits per heavy atom. The summed E-state index contributed by atoms with van der Waals surface area (Å²) in [7, 11) is 1.70. The molecule has 0 aliphatic carbocycles. The molecule has 11 heavy (non-hydrogen) atoms. The molecule has 0 saturated carbocycles. The lowest BCUT2D eigenvalue weighted by Crippen LogP contribution is -2.11. The van der Waals surface area contributed by atoms with E-state index < -0.39 is 0 Å². The molecule has 0 bridgehead atoms. The molecule has 0 N–H and O–H groups in total. The third kappa shape index (κ3) is 3.73. The summed E-state index contributed by atoms with van der Waals surface area (Å²) in [5, 5.41) is 0. The maximum atomic E-state index is 5.44. The largest absolute Gasteiger partial charge is 0.356 e. The van der Waals surface area contributed by atoms with Crippen molar-refractivity contribution in [2.24, 2.45) is 0 Å². The van der Waals surface area contributed by atoms with Gasteiger partial charge in [-0.1, -0.05) is 20.8 Å². The first-order valence-electron chi connectivity index (χ1n) is 4.55. The zero-order chi connectivity index (χ0) is 8.69. The van der Waals surface area contributed by atoms with E-state index in [2.05, 4.69) is 6.92 Å². The van der Waals surface area contributed by atoms with Crippen molar-refractivity contribution in [2.75, 3.05) is 7.11 Å². The fraction of sp³-hybridized carbons (Fsp3) is 1.00. The van der Waals surface area contributed by atoms with E-state index in [1.807, 2.05) is 13.8 Å².